The van der Waals surface area contributed by atoms with Gasteiger partial charge in [0.15, 0.2) is 0 Å². The number of benzene rings is 2. The molecule has 5 heteroatoms. The lowest BCUT2D eigenvalue weighted by Gasteiger charge is -2.31. The van der Waals surface area contributed by atoms with Crippen LogP contribution in [0.2, 0.25) is 10.0 Å². The molecule has 110 valence electrons. The van der Waals surface area contributed by atoms with Crippen LogP contribution in [0.1, 0.15) is 29.7 Å². The van der Waals surface area contributed by atoms with Gasteiger partial charge >= 0.3 is 0 Å². The third kappa shape index (κ3) is 3.61. The van der Waals surface area contributed by atoms with Crippen molar-refractivity contribution in [2.75, 3.05) is 6.73 Å². The number of rotatable bonds is 2. The molecule has 0 unspecified atom stereocenters. The summed E-state index contributed by atoms with van der Waals surface area (Å²) in [7, 11) is 0. The minimum absolute atomic E-state index is 0.0822. The van der Waals surface area contributed by atoms with Crippen molar-refractivity contribution in [2.24, 2.45) is 0 Å². The predicted octanol–water partition coefficient (Wildman–Crippen LogP) is 5.51. The van der Waals surface area contributed by atoms with Gasteiger partial charge in [-0.3, -0.25) is 5.32 Å². The second kappa shape index (κ2) is 6.67. The number of hydrogen-bond donors (Lipinski definition) is 1. The maximum absolute atomic E-state index is 6.11. The van der Waals surface area contributed by atoms with E-state index in [0.29, 0.717) is 16.8 Å². The monoisotopic (exact) mass is 385 g/mol. The van der Waals surface area contributed by atoms with E-state index in [1.54, 1.807) is 0 Å². The lowest BCUT2D eigenvalue weighted by molar-refractivity contribution is -0.0140. The molecule has 0 spiro atoms. The Hall–Kier alpha value is -0.580. The number of hydrogen-bond acceptors (Lipinski definition) is 2. The largest absolute Gasteiger partial charge is 0.358 e. The van der Waals surface area contributed by atoms with E-state index in [9.17, 15) is 0 Å². The molecule has 1 aliphatic heterocycles. The highest BCUT2D eigenvalue weighted by Crippen LogP contribution is 2.34. The Morgan fingerprint density at radius 3 is 2.43 bits per heavy atom. The third-order valence-corrected chi connectivity index (χ3v) is 4.92. The van der Waals surface area contributed by atoms with Crippen LogP contribution in [0.3, 0.4) is 0 Å². The zero-order valence-electron chi connectivity index (χ0n) is 11.2. The molecule has 3 rings (SSSR count). The standard InChI is InChI=1S/C16H14BrCl2NO/c17-12-4-1-10(2-5-12)16-8-15(20-9-21-16)11-3-6-13(18)14(19)7-11/h1-7,15-16,20H,8-9H2/t15-,16+/m0/s1. The molecule has 0 saturated carbocycles. The fourth-order valence-corrected chi connectivity index (χ4v) is 3.08. The van der Waals surface area contributed by atoms with E-state index in [0.717, 1.165) is 16.5 Å². The molecular formula is C16H14BrCl2NO. The first-order valence-corrected chi connectivity index (χ1v) is 8.24. The summed E-state index contributed by atoms with van der Waals surface area (Å²) >= 11 is 15.5. The lowest BCUT2D eigenvalue weighted by atomic mass is 9.95. The predicted molar refractivity (Wildman–Crippen MR) is 89.8 cm³/mol. The normalized spacial score (nSPS) is 22.2. The van der Waals surface area contributed by atoms with E-state index in [1.165, 1.54) is 5.56 Å². The Morgan fingerprint density at radius 1 is 1.00 bits per heavy atom. The van der Waals surface area contributed by atoms with Gasteiger partial charge in [-0.1, -0.05) is 57.3 Å². The minimum Gasteiger partial charge on any atom is -0.358 e. The first-order valence-electron chi connectivity index (χ1n) is 6.69. The second-order valence-electron chi connectivity index (χ2n) is 5.02. The zero-order valence-corrected chi connectivity index (χ0v) is 14.3. The lowest BCUT2D eigenvalue weighted by Crippen LogP contribution is -2.32. The van der Waals surface area contributed by atoms with Crippen LogP contribution in [0, 0.1) is 0 Å². The Kier molecular flexibility index (Phi) is 4.87. The molecule has 1 fully saturated rings. The van der Waals surface area contributed by atoms with Gasteiger partial charge < -0.3 is 4.74 Å². The number of halogens is 3. The van der Waals surface area contributed by atoms with Crippen molar-refractivity contribution >= 4 is 39.1 Å². The van der Waals surface area contributed by atoms with E-state index < -0.39 is 0 Å². The van der Waals surface area contributed by atoms with Crippen LogP contribution >= 0.6 is 39.1 Å². The molecule has 2 aromatic carbocycles. The summed E-state index contributed by atoms with van der Waals surface area (Å²) in [6.07, 6.45) is 0.943. The fraction of sp³-hybridized carbons (Fsp3) is 0.250. The molecule has 0 amide bonds. The summed E-state index contributed by atoms with van der Waals surface area (Å²) < 4.78 is 6.89. The SMILES string of the molecule is Clc1ccc([C@@H]2C[C@H](c3ccc(Br)cc3)OCN2)cc1Cl. The van der Waals surface area contributed by atoms with Crippen molar-refractivity contribution < 1.29 is 4.74 Å². The number of nitrogens with one attached hydrogen (secondary N) is 1. The topological polar surface area (TPSA) is 21.3 Å². The van der Waals surface area contributed by atoms with Crippen LogP contribution in [0.4, 0.5) is 0 Å². The average molecular weight is 387 g/mol. The summed E-state index contributed by atoms with van der Waals surface area (Å²) in [5.74, 6) is 0. The summed E-state index contributed by atoms with van der Waals surface area (Å²) in [5.41, 5.74) is 2.32. The molecule has 2 nitrogen and oxygen atoms in total. The van der Waals surface area contributed by atoms with E-state index in [1.807, 2.05) is 30.3 Å². The van der Waals surface area contributed by atoms with E-state index in [4.69, 9.17) is 27.9 Å². The molecule has 0 radical (unpaired) electrons. The molecule has 0 aliphatic carbocycles. The van der Waals surface area contributed by atoms with Crippen LogP contribution in [0.15, 0.2) is 46.9 Å². The zero-order chi connectivity index (χ0) is 14.8. The average Bonchev–Trinajstić information content (AvgIpc) is 2.51. The van der Waals surface area contributed by atoms with Gasteiger partial charge in [-0.25, -0.2) is 0 Å². The van der Waals surface area contributed by atoms with Crippen molar-refractivity contribution in [2.45, 2.75) is 18.6 Å². The summed E-state index contributed by atoms with van der Waals surface area (Å²) in [4.78, 5) is 0. The van der Waals surface area contributed by atoms with Crippen LogP contribution in [-0.2, 0) is 4.74 Å². The summed E-state index contributed by atoms with van der Waals surface area (Å²) in [5, 5.41) is 4.53. The second-order valence-corrected chi connectivity index (χ2v) is 6.75. The molecule has 1 N–H and O–H groups in total. The smallest absolute Gasteiger partial charge is 0.0978 e. The van der Waals surface area contributed by atoms with Crippen molar-refractivity contribution in [3.8, 4) is 0 Å². The maximum atomic E-state index is 6.11. The molecular weight excluding hydrogens is 373 g/mol. The van der Waals surface area contributed by atoms with E-state index in [-0.39, 0.29) is 12.1 Å². The molecule has 0 bridgehead atoms. The molecule has 1 heterocycles. The summed E-state index contributed by atoms with van der Waals surface area (Å²) in [6, 6.07) is 14.2. The van der Waals surface area contributed by atoms with Gasteiger partial charge in [0.05, 0.1) is 22.9 Å². The van der Waals surface area contributed by atoms with Gasteiger partial charge in [0.1, 0.15) is 0 Å². The highest BCUT2D eigenvalue weighted by Gasteiger charge is 2.24. The Balaban J connectivity index is 1.79. The Bertz CT molecular complexity index is 633. The van der Waals surface area contributed by atoms with Gasteiger partial charge in [-0.05, 0) is 41.8 Å². The van der Waals surface area contributed by atoms with Gasteiger partial charge in [-0.15, -0.1) is 0 Å². The van der Waals surface area contributed by atoms with Crippen LogP contribution in [0.5, 0.6) is 0 Å². The van der Waals surface area contributed by atoms with Gasteiger partial charge in [-0.2, -0.15) is 0 Å². The highest BCUT2D eigenvalue weighted by atomic mass is 79.9. The van der Waals surface area contributed by atoms with Crippen molar-refractivity contribution in [1.29, 1.82) is 0 Å². The van der Waals surface area contributed by atoms with Crippen molar-refractivity contribution in [3.63, 3.8) is 0 Å². The molecule has 2 atom stereocenters. The van der Waals surface area contributed by atoms with Gasteiger partial charge in [0.25, 0.3) is 0 Å². The highest BCUT2D eigenvalue weighted by molar-refractivity contribution is 9.10. The minimum atomic E-state index is 0.0822. The molecule has 1 saturated heterocycles. The molecule has 1 aliphatic rings. The van der Waals surface area contributed by atoms with Crippen molar-refractivity contribution in [1.82, 2.24) is 5.32 Å². The van der Waals surface area contributed by atoms with Crippen LogP contribution < -0.4 is 5.32 Å². The van der Waals surface area contributed by atoms with E-state index >= 15 is 0 Å². The Morgan fingerprint density at radius 2 is 1.71 bits per heavy atom. The van der Waals surface area contributed by atoms with Gasteiger partial charge in [0, 0.05) is 10.5 Å². The molecule has 0 aromatic heterocycles. The summed E-state index contributed by atoms with van der Waals surface area (Å²) in [6.45, 7) is 0.519. The molecule has 21 heavy (non-hydrogen) atoms. The fourth-order valence-electron chi connectivity index (χ4n) is 2.51. The quantitative estimate of drug-likeness (QED) is 0.735. The van der Waals surface area contributed by atoms with Crippen molar-refractivity contribution in [3.05, 3.63) is 68.1 Å². The number of ether oxygens (including phenoxy) is 1. The van der Waals surface area contributed by atoms with E-state index in [2.05, 4.69) is 33.4 Å². The van der Waals surface area contributed by atoms with Crippen LogP contribution in [-0.4, -0.2) is 6.73 Å². The Labute approximate surface area is 142 Å². The van der Waals surface area contributed by atoms with Crippen LogP contribution in [0.25, 0.3) is 0 Å². The maximum Gasteiger partial charge on any atom is 0.0978 e. The first-order chi connectivity index (χ1) is 10.1. The molecule has 2 aromatic rings. The third-order valence-electron chi connectivity index (χ3n) is 3.65. The van der Waals surface area contributed by atoms with Gasteiger partial charge in [0.2, 0.25) is 0 Å². The first kappa shape index (κ1) is 15.3.